The first kappa shape index (κ1) is 15.4. The number of anilines is 1. The maximum atomic E-state index is 13.4. The Balaban J connectivity index is 2.52. The van der Waals surface area contributed by atoms with Gasteiger partial charge in [-0.2, -0.15) is 0 Å². The van der Waals surface area contributed by atoms with Crippen molar-refractivity contribution in [1.29, 1.82) is 0 Å². The lowest BCUT2D eigenvalue weighted by molar-refractivity contribution is 0.588. The molecule has 3 nitrogen and oxygen atoms in total. The van der Waals surface area contributed by atoms with Gasteiger partial charge in [0, 0.05) is 11.8 Å². The Morgan fingerprint density at radius 2 is 2.00 bits per heavy atom. The van der Waals surface area contributed by atoms with Crippen LogP contribution in [0.25, 0.3) is 0 Å². The molecule has 1 aromatic carbocycles. The highest BCUT2D eigenvalue weighted by Crippen LogP contribution is 2.30. The molecular formula is C17H22FN3. The molecule has 1 atom stereocenters. The third-order valence-electron chi connectivity index (χ3n) is 3.67. The first-order chi connectivity index (χ1) is 10.0. The van der Waals surface area contributed by atoms with Crippen molar-refractivity contribution in [2.45, 2.75) is 33.2 Å². The van der Waals surface area contributed by atoms with E-state index < -0.39 is 0 Å². The molecule has 2 aromatic rings. The van der Waals surface area contributed by atoms with Crippen LogP contribution in [-0.2, 0) is 0 Å². The number of nitrogen functional groups attached to an aromatic ring is 1. The third kappa shape index (κ3) is 3.39. The predicted octanol–water partition coefficient (Wildman–Crippen LogP) is 3.51. The number of nitrogens with two attached hydrogens (primary N) is 1. The quantitative estimate of drug-likeness (QED) is 0.884. The van der Waals surface area contributed by atoms with E-state index in [-0.39, 0.29) is 11.9 Å². The number of pyridine rings is 1. The van der Waals surface area contributed by atoms with Gasteiger partial charge in [-0.15, -0.1) is 0 Å². The highest BCUT2D eigenvalue weighted by atomic mass is 19.1. The second-order valence-electron chi connectivity index (χ2n) is 5.31. The molecule has 0 radical (unpaired) electrons. The van der Waals surface area contributed by atoms with Crippen molar-refractivity contribution < 1.29 is 4.39 Å². The monoisotopic (exact) mass is 287 g/mol. The van der Waals surface area contributed by atoms with E-state index in [2.05, 4.69) is 17.2 Å². The van der Waals surface area contributed by atoms with Gasteiger partial charge >= 0.3 is 0 Å². The van der Waals surface area contributed by atoms with Gasteiger partial charge in [0.05, 0.1) is 6.04 Å². The highest BCUT2D eigenvalue weighted by Gasteiger charge is 2.20. The fraction of sp³-hybridized carbons (Fsp3) is 0.353. The molecule has 2 rings (SSSR count). The van der Waals surface area contributed by atoms with Gasteiger partial charge in [-0.1, -0.05) is 13.0 Å². The topological polar surface area (TPSA) is 50.9 Å². The van der Waals surface area contributed by atoms with Crippen LogP contribution in [0, 0.1) is 19.7 Å². The fourth-order valence-electron chi connectivity index (χ4n) is 2.59. The van der Waals surface area contributed by atoms with Gasteiger partial charge in [-0.3, -0.25) is 0 Å². The molecule has 3 N–H and O–H groups in total. The normalized spacial score (nSPS) is 12.4. The average Bonchev–Trinajstić information content (AvgIpc) is 2.43. The maximum absolute atomic E-state index is 13.4. The maximum Gasteiger partial charge on any atom is 0.128 e. The summed E-state index contributed by atoms with van der Waals surface area (Å²) in [6.45, 7) is 6.91. The van der Waals surface area contributed by atoms with E-state index >= 15 is 0 Å². The van der Waals surface area contributed by atoms with Crippen molar-refractivity contribution in [3.05, 3.63) is 58.5 Å². The van der Waals surface area contributed by atoms with E-state index in [9.17, 15) is 4.39 Å². The van der Waals surface area contributed by atoms with Crippen molar-refractivity contribution >= 4 is 5.82 Å². The summed E-state index contributed by atoms with van der Waals surface area (Å²) in [5.41, 5.74) is 10.1. The molecule has 1 aromatic heterocycles. The molecule has 112 valence electrons. The average molecular weight is 287 g/mol. The van der Waals surface area contributed by atoms with Crippen LogP contribution in [0.4, 0.5) is 10.2 Å². The minimum absolute atomic E-state index is 0.0701. The fourth-order valence-corrected chi connectivity index (χ4v) is 2.59. The van der Waals surface area contributed by atoms with E-state index in [4.69, 9.17) is 5.73 Å². The molecule has 4 heteroatoms. The lowest BCUT2D eigenvalue weighted by Crippen LogP contribution is -2.26. The van der Waals surface area contributed by atoms with E-state index in [1.807, 2.05) is 26.0 Å². The highest BCUT2D eigenvalue weighted by molar-refractivity contribution is 5.51. The first-order valence-electron chi connectivity index (χ1n) is 7.25. The minimum atomic E-state index is -0.221. The Labute approximate surface area is 125 Å². The summed E-state index contributed by atoms with van der Waals surface area (Å²) in [4.78, 5) is 4.21. The van der Waals surface area contributed by atoms with Gasteiger partial charge in [-0.25, -0.2) is 9.37 Å². The summed E-state index contributed by atoms with van der Waals surface area (Å²) >= 11 is 0. The molecule has 0 amide bonds. The van der Waals surface area contributed by atoms with Crippen LogP contribution in [0.1, 0.15) is 41.6 Å². The molecule has 0 spiro atoms. The Hall–Kier alpha value is -1.94. The number of hydrogen-bond acceptors (Lipinski definition) is 3. The zero-order valence-electron chi connectivity index (χ0n) is 12.8. The second-order valence-corrected chi connectivity index (χ2v) is 5.31. The van der Waals surface area contributed by atoms with Gasteiger partial charge in [0.2, 0.25) is 0 Å². The number of rotatable bonds is 5. The van der Waals surface area contributed by atoms with Crippen LogP contribution in [0.5, 0.6) is 0 Å². The van der Waals surface area contributed by atoms with Crippen molar-refractivity contribution in [3.63, 3.8) is 0 Å². The van der Waals surface area contributed by atoms with Gasteiger partial charge in [0.25, 0.3) is 0 Å². The van der Waals surface area contributed by atoms with Crippen LogP contribution in [0.3, 0.4) is 0 Å². The summed E-state index contributed by atoms with van der Waals surface area (Å²) in [7, 11) is 0. The Bertz CT molecular complexity index is 605. The number of nitrogens with zero attached hydrogens (tertiary/aromatic N) is 1. The van der Waals surface area contributed by atoms with Crippen LogP contribution in [-0.4, -0.2) is 11.5 Å². The van der Waals surface area contributed by atoms with Crippen LogP contribution in [0.2, 0.25) is 0 Å². The molecule has 0 fully saturated rings. The lowest BCUT2D eigenvalue weighted by Gasteiger charge is -2.24. The SMILES string of the molecule is CCCNC(c1ccc(F)cc1C)c1c(C)ccnc1N. The minimum Gasteiger partial charge on any atom is -0.383 e. The van der Waals surface area contributed by atoms with Crippen molar-refractivity contribution in [3.8, 4) is 0 Å². The van der Waals surface area contributed by atoms with Gasteiger partial charge in [-0.05, 0) is 61.7 Å². The Morgan fingerprint density at radius 1 is 1.24 bits per heavy atom. The summed E-state index contributed by atoms with van der Waals surface area (Å²) in [6, 6.07) is 6.75. The molecule has 0 saturated heterocycles. The first-order valence-corrected chi connectivity index (χ1v) is 7.25. The molecule has 0 bridgehead atoms. The van der Waals surface area contributed by atoms with E-state index in [0.717, 1.165) is 35.2 Å². The molecule has 1 unspecified atom stereocenters. The Kier molecular flexibility index (Phi) is 4.91. The predicted molar refractivity (Wildman–Crippen MR) is 84.7 cm³/mol. The number of hydrogen-bond donors (Lipinski definition) is 2. The van der Waals surface area contributed by atoms with E-state index in [0.29, 0.717) is 5.82 Å². The Morgan fingerprint density at radius 3 is 2.62 bits per heavy atom. The standard InChI is InChI=1S/C17H22FN3/c1-4-8-20-16(14-6-5-13(18)10-12(14)3)15-11(2)7-9-21-17(15)19/h5-7,9-10,16,20H,4,8H2,1-3H3,(H2,19,21). The lowest BCUT2D eigenvalue weighted by atomic mass is 9.92. The smallest absolute Gasteiger partial charge is 0.128 e. The van der Waals surface area contributed by atoms with Gasteiger partial charge in [0.15, 0.2) is 0 Å². The molecule has 1 heterocycles. The van der Waals surface area contributed by atoms with Crippen LogP contribution in [0.15, 0.2) is 30.5 Å². The summed E-state index contributed by atoms with van der Waals surface area (Å²) in [5, 5.41) is 3.50. The molecule has 0 aliphatic carbocycles. The van der Waals surface area contributed by atoms with Crippen molar-refractivity contribution in [1.82, 2.24) is 10.3 Å². The third-order valence-corrected chi connectivity index (χ3v) is 3.67. The second kappa shape index (κ2) is 6.68. The molecule has 0 aliphatic rings. The summed E-state index contributed by atoms with van der Waals surface area (Å²) in [5.74, 6) is 0.300. The van der Waals surface area contributed by atoms with Crippen molar-refractivity contribution in [2.75, 3.05) is 12.3 Å². The number of nitrogens with one attached hydrogen (secondary N) is 1. The van der Waals surface area contributed by atoms with Crippen molar-refractivity contribution in [2.24, 2.45) is 0 Å². The number of aryl methyl sites for hydroxylation is 2. The van der Waals surface area contributed by atoms with Gasteiger partial charge < -0.3 is 11.1 Å². The van der Waals surface area contributed by atoms with E-state index in [1.54, 1.807) is 12.3 Å². The molecule has 21 heavy (non-hydrogen) atoms. The number of benzene rings is 1. The van der Waals surface area contributed by atoms with Crippen LogP contribution >= 0.6 is 0 Å². The molecular weight excluding hydrogens is 265 g/mol. The van der Waals surface area contributed by atoms with E-state index in [1.165, 1.54) is 6.07 Å². The van der Waals surface area contributed by atoms with Gasteiger partial charge in [0.1, 0.15) is 11.6 Å². The summed E-state index contributed by atoms with van der Waals surface area (Å²) < 4.78 is 13.4. The van der Waals surface area contributed by atoms with Crippen LogP contribution < -0.4 is 11.1 Å². The number of aromatic nitrogens is 1. The zero-order valence-corrected chi connectivity index (χ0v) is 12.8. The molecule has 0 saturated carbocycles. The number of halogens is 1. The summed E-state index contributed by atoms with van der Waals surface area (Å²) in [6.07, 6.45) is 2.72. The molecule has 0 aliphatic heterocycles. The largest absolute Gasteiger partial charge is 0.383 e. The zero-order chi connectivity index (χ0) is 15.4.